The maximum atomic E-state index is 12.2. The van der Waals surface area contributed by atoms with E-state index in [-0.39, 0.29) is 0 Å². The van der Waals surface area contributed by atoms with Crippen LogP contribution in [-0.4, -0.2) is 32.6 Å². The minimum absolute atomic E-state index is 0.364. The normalized spacial score (nSPS) is 19.7. The highest BCUT2D eigenvalue weighted by Gasteiger charge is 2.37. The van der Waals surface area contributed by atoms with Gasteiger partial charge in [0, 0.05) is 25.3 Å². The van der Waals surface area contributed by atoms with Crippen LogP contribution in [-0.2, 0) is 13.7 Å². The summed E-state index contributed by atoms with van der Waals surface area (Å²) < 4.78 is 12.7. The Bertz CT molecular complexity index is 570. The van der Waals surface area contributed by atoms with Gasteiger partial charge in [0.25, 0.3) is 0 Å². The van der Waals surface area contributed by atoms with Gasteiger partial charge in [-0.15, -0.1) is 0 Å². The van der Waals surface area contributed by atoms with E-state index in [0.717, 1.165) is 56.7 Å². The molecule has 2 unspecified atom stereocenters. The molecule has 1 rings (SSSR count). The average molecular weight is 614 g/mol. The van der Waals surface area contributed by atoms with Crippen LogP contribution in [0.3, 0.4) is 0 Å². The van der Waals surface area contributed by atoms with E-state index in [9.17, 15) is 4.79 Å². The average Bonchev–Trinajstić information content (AvgIpc) is 2.97. The molecule has 2 atom stereocenters. The molecule has 1 heterocycles. The van der Waals surface area contributed by atoms with Gasteiger partial charge in [-0.05, 0) is 43.7 Å². The number of hydroxylamine groups is 1. The Kier molecular flexibility index (Phi) is 27.6. The highest BCUT2D eigenvalue weighted by molar-refractivity contribution is 8.13. The van der Waals surface area contributed by atoms with Crippen LogP contribution in [0.1, 0.15) is 181 Å². The van der Waals surface area contributed by atoms with Gasteiger partial charge in [-0.3, -0.25) is 4.79 Å². The lowest BCUT2D eigenvalue weighted by Gasteiger charge is -2.33. The number of hydrogen-bond acceptors (Lipinski definition) is 5. The third-order valence-electron chi connectivity index (χ3n) is 8.98. The third kappa shape index (κ3) is 23.2. The quantitative estimate of drug-likeness (QED) is 0.0702. The summed E-state index contributed by atoms with van der Waals surface area (Å²) in [6.07, 6.45) is 33.1. The summed E-state index contributed by atoms with van der Waals surface area (Å²) in [5.41, 5.74) is 3.34. The second-order valence-corrected chi connectivity index (χ2v) is 17.5. The first kappa shape index (κ1) is 39.1. The summed E-state index contributed by atoms with van der Waals surface area (Å²) in [6, 6.07) is 1.96. The van der Waals surface area contributed by atoms with Crippen LogP contribution in [0.2, 0.25) is 12.1 Å². The van der Waals surface area contributed by atoms with Crippen LogP contribution in [0, 0.1) is 5.92 Å². The van der Waals surface area contributed by atoms with Gasteiger partial charge < -0.3 is 8.95 Å². The molecule has 4 nitrogen and oxygen atoms in total. The number of nitrogens with one attached hydrogen (secondary N) is 1. The van der Waals surface area contributed by atoms with E-state index in [4.69, 9.17) is 8.95 Å². The third-order valence-corrected chi connectivity index (χ3v) is 13.4. The van der Waals surface area contributed by atoms with Gasteiger partial charge in [0.05, 0.1) is 0 Å². The molecule has 41 heavy (non-hydrogen) atoms. The Morgan fingerprint density at radius 2 is 1.22 bits per heavy atom. The molecule has 0 radical (unpaired) electrons. The Morgan fingerprint density at radius 3 is 1.76 bits per heavy atom. The minimum Gasteiger partial charge on any atom is -0.393 e. The van der Waals surface area contributed by atoms with Crippen molar-refractivity contribution in [2.75, 3.05) is 18.9 Å². The standard InChI is InChI=1S/C35H71NO3SSi/c1-4-7-9-11-12-13-14-15-16-17-18-19-20-21-23-24-27-34-29-30-38-41(6-3,39-36-33-34)32-26-31-40-35(37)28-25-22-10-8-5-2/h34,36H,4-33H2,1-3H3. The Hall–Kier alpha value is 0.117. The summed E-state index contributed by atoms with van der Waals surface area (Å²) in [5.74, 6) is 1.56. The summed E-state index contributed by atoms with van der Waals surface area (Å²) in [5, 5.41) is 0.364. The first-order valence-electron chi connectivity index (χ1n) is 18.4. The van der Waals surface area contributed by atoms with Crippen molar-refractivity contribution in [3.05, 3.63) is 0 Å². The molecule has 1 fully saturated rings. The van der Waals surface area contributed by atoms with Crippen molar-refractivity contribution in [1.29, 1.82) is 0 Å². The molecule has 1 aliphatic rings. The van der Waals surface area contributed by atoms with E-state index in [1.807, 2.05) is 0 Å². The molecule has 0 aromatic carbocycles. The molecule has 6 heteroatoms. The highest BCUT2D eigenvalue weighted by Crippen LogP contribution is 2.26. The van der Waals surface area contributed by atoms with E-state index >= 15 is 0 Å². The van der Waals surface area contributed by atoms with Gasteiger partial charge in [0.1, 0.15) is 0 Å². The topological polar surface area (TPSA) is 47.6 Å². The first-order chi connectivity index (χ1) is 20.2. The van der Waals surface area contributed by atoms with Crippen LogP contribution < -0.4 is 5.48 Å². The van der Waals surface area contributed by atoms with Gasteiger partial charge in [-0.2, -0.15) is 0 Å². The molecule has 0 saturated carbocycles. The molecule has 0 aromatic rings. The molecular formula is C35H71NO3SSi. The smallest absolute Gasteiger partial charge is 0.357 e. The van der Waals surface area contributed by atoms with Crippen molar-refractivity contribution in [3.63, 3.8) is 0 Å². The van der Waals surface area contributed by atoms with E-state index in [2.05, 4.69) is 26.3 Å². The lowest BCUT2D eigenvalue weighted by atomic mass is 9.97. The Balaban J connectivity index is 1.98. The van der Waals surface area contributed by atoms with Crippen LogP contribution in [0.5, 0.6) is 0 Å². The summed E-state index contributed by atoms with van der Waals surface area (Å²) in [4.78, 5) is 12.2. The fourth-order valence-electron chi connectivity index (χ4n) is 6.01. The minimum atomic E-state index is -2.19. The number of rotatable bonds is 28. The predicted octanol–water partition coefficient (Wildman–Crippen LogP) is 11.7. The molecular weight excluding hydrogens is 543 g/mol. The number of thioether (sulfide) groups is 1. The number of hydrogen-bond donors (Lipinski definition) is 1. The van der Waals surface area contributed by atoms with Gasteiger partial charge in [0.2, 0.25) is 0 Å². The number of carbonyl (C=O) groups is 1. The molecule has 1 saturated heterocycles. The number of unbranched alkanes of at least 4 members (excludes halogenated alkanes) is 19. The van der Waals surface area contributed by atoms with Crippen molar-refractivity contribution in [3.8, 4) is 0 Å². The van der Waals surface area contributed by atoms with Crippen LogP contribution in [0.4, 0.5) is 0 Å². The summed E-state index contributed by atoms with van der Waals surface area (Å²) >= 11 is 1.52. The van der Waals surface area contributed by atoms with E-state index in [1.165, 1.54) is 147 Å². The Labute approximate surface area is 262 Å². The highest BCUT2D eigenvalue weighted by atomic mass is 32.2. The Morgan fingerprint density at radius 1 is 0.707 bits per heavy atom. The van der Waals surface area contributed by atoms with Gasteiger partial charge in [0.15, 0.2) is 5.12 Å². The zero-order valence-corrected chi connectivity index (χ0v) is 29.7. The van der Waals surface area contributed by atoms with E-state index < -0.39 is 8.56 Å². The second kappa shape index (κ2) is 28.9. The van der Waals surface area contributed by atoms with Crippen LogP contribution >= 0.6 is 11.8 Å². The molecule has 0 aliphatic carbocycles. The SMILES string of the molecule is CCCCCCCCCCCCCCCCCCC1CCO[Si](CC)(CCCSC(=O)CCCCCCC)ONC1. The molecule has 0 bridgehead atoms. The molecule has 1 N–H and O–H groups in total. The number of carbonyl (C=O) groups excluding carboxylic acids is 1. The van der Waals surface area contributed by atoms with Crippen molar-refractivity contribution in [2.24, 2.45) is 5.92 Å². The second-order valence-electron chi connectivity index (χ2n) is 12.8. The lowest BCUT2D eigenvalue weighted by Crippen LogP contribution is -2.49. The van der Waals surface area contributed by atoms with Crippen molar-refractivity contribution >= 4 is 25.4 Å². The molecule has 0 aromatic heterocycles. The molecule has 244 valence electrons. The maximum Gasteiger partial charge on any atom is 0.357 e. The monoisotopic (exact) mass is 613 g/mol. The van der Waals surface area contributed by atoms with Crippen LogP contribution in [0.15, 0.2) is 0 Å². The van der Waals surface area contributed by atoms with E-state index in [1.54, 1.807) is 0 Å². The molecule has 0 spiro atoms. The van der Waals surface area contributed by atoms with Crippen LogP contribution in [0.25, 0.3) is 0 Å². The summed E-state index contributed by atoms with van der Waals surface area (Å²) in [6.45, 7) is 8.54. The first-order valence-corrected chi connectivity index (χ1v) is 21.6. The van der Waals surface area contributed by atoms with Crippen molar-refractivity contribution in [1.82, 2.24) is 5.48 Å². The zero-order chi connectivity index (χ0) is 29.7. The van der Waals surface area contributed by atoms with Crippen molar-refractivity contribution in [2.45, 2.75) is 193 Å². The largest absolute Gasteiger partial charge is 0.393 e. The van der Waals surface area contributed by atoms with Gasteiger partial charge >= 0.3 is 8.56 Å². The fourth-order valence-corrected chi connectivity index (χ4v) is 9.63. The lowest BCUT2D eigenvalue weighted by molar-refractivity contribution is -0.111. The zero-order valence-electron chi connectivity index (χ0n) is 27.9. The van der Waals surface area contributed by atoms with Gasteiger partial charge in [-0.25, -0.2) is 5.48 Å². The molecule has 0 amide bonds. The summed E-state index contributed by atoms with van der Waals surface area (Å²) in [7, 11) is -2.19. The maximum absolute atomic E-state index is 12.2. The van der Waals surface area contributed by atoms with Gasteiger partial charge in [-0.1, -0.05) is 161 Å². The predicted molar refractivity (Wildman–Crippen MR) is 184 cm³/mol. The molecule has 1 aliphatic heterocycles. The van der Waals surface area contributed by atoms with Crippen molar-refractivity contribution < 1.29 is 13.7 Å². The fraction of sp³-hybridized carbons (Fsp3) is 0.971. The van der Waals surface area contributed by atoms with E-state index in [0.29, 0.717) is 11.0 Å².